The van der Waals surface area contributed by atoms with E-state index < -0.39 is 0 Å². The Hall–Kier alpha value is -2.29. The van der Waals surface area contributed by atoms with E-state index in [4.69, 9.17) is 5.73 Å². The first-order chi connectivity index (χ1) is 9.63. The summed E-state index contributed by atoms with van der Waals surface area (Å²) in [6, 6.07) is 13.6. The van der Waals surface area contributed by atoms with Crippen LogP contribution in [0.25, 0.3) is 0 Å². The number of amides is 1. The van der Waals surface area contributed by atoms with Crippen LogP contribution in [-0.2, 0) is 13.0 Å². The zero-order valence-corrected chi connectivity index (χ0v) is 11.9. The predicted molar refractivity (Wildman–Crippen MR) is 82.6 cm³/mol. The number of rotatable bonds is 4. The van der Waals surface area contributed by atoms with Crippen LogP contribution in [0, 0.1) is 6.92 Å². The van der Waals surface area contributed by atoms with Gasteiger partial charge >= 0.3 is 0 Å². The summed E-state index contributed by atoms with van der Waals surface area (Å²) in [4.78, 5) is 12.3. The van der Waals surface area contributed by atoms with E-state index in [1.165, 1.54) is 5.56 Å². The minimum atomic E-state index is -0.119. The van der Waals surface area contributed by atoms with Crippen LogP contribution in [0.1, 0.15) is 34.0 Å². The maximum atomic E-state index is 12.3. The Balaban J connectivity index is 2.13. The highest BCUT2D eigenvalue weighted by Gasteiger charge is 2.12. The minimum absolute atomic E-state index is 0.119. The number of carbonyl (C=O) groups is 1. The maximum Gasteiger partial charge on any atom is 0.253 e. The molecule has 3 heteroatoms. The quantitative estimate of drug-likeness (QED) is 0.837. The van der Waals surface area contributed by atoms with Crippen molar-refractivity contribution in [2.24, 2.45) is 0 Å². The summed E-state index contributed by atoms with van der Waals surface area (Å²) in [5.74, 6) is -0.119. The summed E-state index contributed by atoms with van der Waals surface area (Å²) in [5, 5.41) is 2.95. The van der Waals surface area contributed by atoms with Crippen LogP contribution in [0.5, 0.6) is 0 Å². The molecule has 2 aromatic carbocycles. The number of nitrogens with one attached hydrogen (secondary N) is 1. The summed E-state index contributed by atoms with van der Waals surface area (Å²) >= 11 is 0. The number of hydrogen-bond donors (Lipinski definition) is 2. The van der Waals surface area contributed by atoms with Gasteiger partial charge in [0.05, 0.1) is 5.56 Å². The van der Waals surface area contributed by atoms with Gasteiger partial charge in [0, 0.05) is 12.2 Å². The topological polar surface area (TPSA) is 55.1 Å². The van der Waals surface area contributed by atoms with Crippen LogP contribution in [-0.4, -0.2) is 5.91 Å². The third-order valence-electron chi connectivity index (χ3n) is 3.47. The summed E-state index contributed by atoms with van der Waals surface area (Å²) < 4.78 is 0. The summed E-state index contributed by atoms with van der Waals surface area (Å²) in [5.41, 5.74) is 10.3. The molecule has 0 aliphatic carbocycles. The molecule has 3 nitrogen and oxygen atoms in total. The molecule has 2 rings (SSSR count). The smallest absolute Gasteiger partial charge is 0.253 e. The van der Waals surface area contributed by atoms with Crippen LogP contribution in [0.4, 0.5) is 5.69 Å². The minimum Gasteiger partial charge on any atom is -0.398 e. The highest BCUT2D eigenvalue weighted by atomic mass is 16.1. The van der Waals surface area contributed by atoms with Crippen molar-refractivity contribution in [2.75, 3.05) is 5.73 Å². The molecule has 1 amide bonds. The van der Waals surface area contributed by atoms with Gasteiger partial charge < -0.3 is 11.1 Å². The van der Waals surface area contributed by atoms with E-state index in [1.54, 1.807) is 6.07 Å². The van der Waals surface area contributed by atoms with E-state index >= 15 is 0 Å². The van der Waals surface area contributed by atoms with Gasteiger partial charge in [-0.25, -0.2) is 0 Å². The Morgan fingerprint density at radius 1 is 1.10 bits per heavy atom. The van der Waals surface area contributed by atoms with E-state index in [0.29, 0.717) is 17.8 Å². The normalized spacial score (nSPS) is 10.3. The van der Waals surface area contributed by atoms with Crippen molar-refractivity contribution in [3.05, 3.63) is 64.7 Å². The number of anilines is 1. The zero-order chi connectivity index (χ0) is 14.5. The standard InChI is InChI=1S/C17H20N2O/c1-3-13-8-4-5-9-14(13)11-19-17(20)16-12(2)7-6-10-15(16)18/h4-10H,3,11,18H2,1-2H3,(H,19,20). The molecular formula is C17H20N2O. The van der Waals surface area contributed by atoms with Crippen molar-refractivity contribution in [3.8, 4) is 0 Å². The van der Waals surface area contributed by atoms with Crippen molar-refractivity contribution in [1.82, 2.24) is 5.32 Å². The lowest BCUT2D eigenvalue weighted by atomic mass is 10.0. The molecule has 0 aliphatic rings. The average Bonchev–Trinajstić information content (AvgIpc) is 2.45. The Labute approximate surface area is 119 Å². The molecule has 0 saturated carbocycles. The second kappa shape index (κ2) is 6.24. The lowest BCUT2D eigenvalue weighted by Gasteiger charge is -2.12. The number of nitrogens with two attached hydrogens (primary N) is 1. The van der Waals surface area contributed by atoms with E-state index in [1.807, 2.05) is 37.3 Å². The molecule has 0 unspecified atom stereocenters. The van der Waals surface area contributed by atoms with Gasteiger partial charge in [0.1, 0.15) is 0 Å². The first-order valence-corrected chi connectivity index (χ1v) is 6.83. The van der Waals surface area contributed by atoms with Crippen molar-refractivity contribution in [2.45, 2.75) is 26.8 Å². The van der Waals surface area contributed by atoms with Gasteiger partial charge in [-0.3, -0.25) is 4.79 Å². The van der Waals surface area contributed by atoms with Crippen LogP contribution < -0.4 is 11.1 Å². The fourth-order valence-corrected chi connectivity index (χ4v) is 2.34. The van der Waals surface area contributed by atoms with Crippen LogP contribution >= 0.6 is 0 Å². The fourth-order valence-electron chi connectivity index (χ4n) is 2.34. The highest BCUT2D eigenvalue weighted by Crippen LogP contribution is 2.16. The largest absolute Gasteiger partial charge is 0.398 e. The highest BCUT2D eigenvalue weighted by molar-refractivity contribution is 6.00. The monoisotopic (exact) mass is 268 g/mol. The molecule has 0 aliphatic heterocycles. The molecule has 0 heterocycles. The second-order valence-corrected chi connectivity index (χ2v) is 4.84. The molecule has 20 heavy (non-hydrogen) atoms. The molecule has 0 fully saturated rings. The Morgan fingerprint density at radius 3 is 2.45 bits per heavy atom. The van der Waals surface area contributed by atoms with Crippen LogP contribution in [0.3, 0.4) is 0 Å². The molecule has 0 spiro atoms. The molecule has 0 bridgehead atoms. The summed E-state index contributed by atoms with van der Waals surface area (Å²) in [6.45, 7) is 4.53. The Bertz CT molecular complexity index is 600. The van der Waals surface area contributed by atoms with E-state index in [2.05, 4.69) is 18.3 Å². The van der Waals surface area contributed by atoms with Crippen molar-refractivity contribution < 1.29 is 4.79 Å². The maximum absolute atomic E-state index is 12.3. The van der Waals surface area contributed by atoms with E-state index in [9.17, 15) is 4.79 Å². The van der Waals surface area contributed by atoms with Gasteiger partial charge in [0.15, 0.2) is 0 Å². The predicted octanol–water partition coefficient (Wildman–Crippen LogP) is 3.07. The summed E-state index contributed by atoms with van der Waals surface area (Å²) in [7, 11) is 0. The van der Waals surface area contributed by atoms with Crippen LogP contribution in [0.15, 0.2) is 42.5 Å². The lowest BCUT2D eigenvalue weighted by molar-refractivity contribution is 0.0951. The first-order valence-electron chi connectivity index (χ1n) is 6.83. The van der Waals surface area contributed by atoms with Crippen LogP contribution in [0.2, 0.25) is 0 Å². The zero-order valence-electron chi connectivity index (χ0n) is 11.9. The van der Waals surface area contributed by atoms with Gasteiger partial charge in [0.25, 0.3) is 5.91 Å². The average molecular weight is 268 g/mol. The van der Waals surface area contributed by atoms with Gasteiger partial charge in [-0.1, -0.05) is 43.3 Å². The van der Waals surface area contributed by atoms with E-state index in [0.717, 1.165) is 17.5 Å². The number of nitrogen functional groups attached to an aromatic ring is 1. The van der Waals surface area contributed by atoms with Crippen molar-refractivity contribution in [1.29, 1.82) is 0 Å². The van der Waals surface area contributed by atoms with Crippen molar-refractivity contribution in [3.63, 3.8) is 0 Å². The number of carbonyl (C=O) groups excluding carboxylic acids is 1. The van der Waals surface area contributed by atoms with E-state index in [-0.39, 0.29) is 5.91 Å². The molecule has 0 radical (unpaired) electrons. The number of benzene rings is 2. The van der Waals surface area contributed by atoms with Gasteiger partial charge in [-0.05, 0) is 36.1 Å². The first kappa shape index (κ1) is 14.1. The number of hydrogen-bond acceptors (Lipinski definition) is 2. The van der Waals surface area contributed by atoms with Gasteiger partial charge in [-0.15, -0.1) is 0 Å². The molecule has 0 atom stereocenters. The SMILES string of the molecule is CCc1ccccc1CNC(=O)c1c(C)cccc1N. The third-order valence-corrected chi connectivity index (χ3v) is 3.47. The van der Waals surface area contributed by atoms with Gasteiger partial charge in [-0.2, -0.15) is 0 Å². The molecule has 2 aromatic rings. The lowest BCUT2D eigenvalue weighted by Crippen LogP contribution is -2.25. The molecule has 0 saturated heterocycles. The third kappa shape index (κ3) is 2.99. The molecule has 0 aromatic heterocycles. The van der Waals surface area contributed by atoms with Gasteiger partial charge in [0.2, 0.25) is 0 Å². The fraction of sp³-hybridized carbons (Fsp3) is 0.235. The molecule has 104 valence electrons. The Kier molecular flexibility index (Phi) is 4.41. The van der Waals surface area contributed by atoms with Crippen molar-refractivity contribution >= 4 is 11.6 Å². The molecule has 3 N–H and O–H groups in total. The second-order valence-electron chi connectivity index (χ2n) is 4.84. The number of aryl methyl sites for hydroxylation is 2. The molecular weight excluding hydrogens is 248 g/mol. The Morgan fingerprint density at radius 2 is 1.80 bits per heavy atom. The summed E-state index contributed by atoms with van der Waals surface area (Å²) in [6.07, 6.45) is 0.957.